The molecule has 0 spiro atoms. The lowest BCUT2D eigenvalue weighted by molar-refractivity contribution is -0.113. The zero-order valence-electron chi connectivity index (χ0n) is 10.7. The highest BCUT2D eigenvalue weighted by molar-refractivity contribution is 5.57. The van der Waals surface area contributed by atoms with E-state index in [1.54, 1.807) is 0 Å². The molecule has 3 nitrogen and oxygen atoms in total. The summed E-state index contributed by atoms with van der Waals surface area (Å²) in [7, 11) is 0. The molecule has 1 atom stereocenters. The number of piperidine rings is 1. The molecular formula is C15H18N2O. The van der Waals surface area contributed by atoms with Gasteiger partial charge in [-0.1, -0.05) is 12.5 Å². The molecule has 0 saturated carbocycles. The third-order valence-corrected chi connectivity index (χ3v) is 3.67. The average molecular weight is 242 g/mol. The Kier molecular flexibility index (Phi) is 4.11. The molecule has 0 bridgehead atoms. The van der Waals surface area contributed by atoms with Crippen molar-refractivity contribution in [3.8, 4) is 6.07 Å². The molecule has 0 N–H and O–H groups in total. The molecule has 1 aliphatic heterocycles. The molecule has 1 aliphatic rings. The van der Waals surface area contributed by atoms with Crippen LogP contribution in [-0.2, 0) is 11.3 Å². The van der Waals surface area contributed by atoms with Gasteiger partial charge >= 0.3 is 0 Å². The summed E-state index contributed by atoms with van der Waals surface area (Å²) in [5.74, 6) is 0. The fourth-order valence-corrected chi connectivity index (χ4v) is 2.53. The molecule has 0 aromatic heterocycles. The molecule has 2 rings (SSSR count). The van der Waals surface area contributed by atoms with Crippen LogP contribution in [-0.4, -0.2) is 23.8 Å². The summed E-state index contributed by atoms with van der Waals surface area (Å²) < 4.78 is 0. The lowest BCUT2D eigenvalue weighted by Crippen LogP contribution is -2.40. The molecule has 1 saturated heterocycles. The Balaban J connectivity index is 2.13. The van der Waals surface area contributed by atoms with Gasteiger partial charge in [0.25, 0.3) is 0 Å². The van der Waals surface area contributed by atoms with Crippen molar-refractivity contribution in [3.05, 3.63) is 34.9 Å². The molecule has 0 aliphatic carbocycles. The van der Waals surface area contributed by atoms with Crippen LogP contribution in [0.1, 0.15) is 36.0 Å². The largest absolute Gasteiger partial charge is 0.302 e. The van der Waals surface area contributed by atoms with E-state index in [9.17, 15) is 4.79 Å². The lowest BCUT2D eigenvalue weighted by Gasteiger charge is -2.32. The Morgan fingerprint density at radius 1 is 1.50 bits per heavy atom. The van der Waals surface area contributed by atoms with Crippen LogP contribution in [0.2, 0.25) is 0 Å². The first-order chi connectivity index (χ1) is 8.74. The number of nitrogens with zero attached hydrogens (tertiary/aromatic N) is 2. The molecule has 94 valence electrons. The van der Waals surface area contributed by atoms with Crippen molar-refractivity contribution in [1.29, 1.82) is 5.26 Å². The third kappa shape index (κ3) is 2.77. The topological polar surface area (TPSA) is 44.1 Å². The maximum absolute atomic E-state index is 11.1. The van der Waals surface area contributed by atoms with Crippen LogP contribution < -0.4 is 0 Å². The highest BCUT2D eigenvalue weighted by atomic mass is 16.1. The molecule has 1 fully saturated rings. The zero-order valence-corrected chi connectivity index (χ0v) is 10.7. The predicted molar refractivity (Wildman–Crippen MR) is 70.0 cm³/mol. The number of benzene rings is 1. The third-order valence-electron chi connectivity index (χ3n) is 3.67. The first-order valence-electron chi connectivity index (χ1n) is 6.43. The highest BCUT2D eigenvalue weighted by Crippen LogP contribution is 2.20. The van der Waals surface area contributed by atoms with Gasteiger partial charge in [0.15, 0.2) is 0 Å². The molecule has 1 aromatic carbocycles. The minimum atomic E-state index is 0.0637. The zero-order chi connectivity index (χ0) is 13.0. The number of hydrogen-bond acceptors (Lipinski definition) is 3. The van der Waals surface area contributed by atoms with Gasteiger partial charge in [-0.15, -0.1) is 0 Å². The average Bonchev–Trinajstić information content (AvgIpc) is 2.41. The summed E-state index contributed by atoms with van der Waals surface area (Å²) in [6.45, 7) is 3.82. The molecular weight excluding hydrogens is 224 g/mol. The van der Waals surface area contributed by atoms with Crippen molar-refractivity contribution in [2.24, 2.45) is 0 Å². The normalized spacial score (nSPS) is 20.3. The molecule has 1 heterocycles. The highest BCUT2D eigenvalue weighted by Gasteiger charge is 2.21. The Morgan fingerprint density at radius 3 is 3.00 bits per heavy atom. The van der Waals surface area contributed by atoms with E-state index < -0.39 is 0 Å². The second kappa shape index (κ2) is 5.79. The molecule has 0 amide bonds. The van der Waals surface area contributed by atoms with Crippen molar-refractivity contribution in [1.82, 2.24) is 4.90 Å². The standard InChI is InChI=1S/C15H18N2O/c1-12-8-13(9-16)5-6-14(12)10-17-7-3-2-4-15(17)11-18/h5-6,8,11,15H,2-4,7,10H2,1H3. The lowest BCUT2D eigenvalue weighted by atomic mass is 10.00. The van der Waals surface area contributed by atoms with Gasteiger partial charge in [-0.25, -0.2) is 0 Å². The van der Waals surface area contributed by atoms with Gasteiger partial charge in [-0.2, -0.15) is 5.26 Å². The van der Waals surface area contributed by atoms with Gasteiger partial charge in [0.2, 0.25) is 0 Å². The number of likely N-dealkylation sites (tertiary alicyclic amines) is 1. The Hall–Kier alpha value is -1.66. The summed E-state index contributed by atoms with van der Waals surface area (Å²) >= 11 is 0. The molecule has 1 aromatic rings. The van der Waals surface area contributed by atoms with E-state index in [2.05, 4.69) is 11.0 Å². The van der Waals surface area contributed by atoms with Gasteiger partial charge in [-0.3, -0.25) is 4.90 Å². The number of aryl methyl sites for hydroxylation is 1. The van der Waals surface area contributed by atoms with Crippen LogP contribution >= 0.6 is 0 Å². The molecule has 1 unspecified atom stereocenters. The minimum Gasteiger partial charge on any atom is -0.302 e. The van der Waals surface area contributed by atoms with Gasteiger partial charge in [0.1, 0.15) is 6.29 Å². The summed E-state index contributed by atoms with van der Waals surface area (Å²) in [6.07, 6.45) is 4.35. The van der Waals surface area contributed by atoms with Crippen molar-refractivity contribution in [2.45, 2.75) is 38.8 Å². The van der Waals surface area contributed by atoms with Crippen LogP contribution in [0.5, 0.6) is 0 Å². The predicted octanol–water partition coefficient (Wildman–Crippen LogP) is 2.42. The van der Waals surface area contributed by atoms with E-state index in [-0.39, 0.29) is 6.04 Å². The van der Waals surface area contributed by atoms with Gasteiger partial charge in [-0.05, 0) is 49.6 Å². The van der Waals surface area contributed by atoms with E-state index in [1.165, 1.54) is 12.0 Å². The first kappa shape index (κ1) is 12.8. The van der Waals surface area contributed by atoms with E-state index in [0.717, 1.165) is 37.8 Å². The van der Waals surface area contributed by atoms with Crippen LogP contribution in [0.3, 0.4) is 0 Å². The summed E-state index contributed by atoms with van der Waals surface area (Å²) in [6, 6.07) is 7.98. The SMILES string of the molecule is Cc1cc(C#N)ccc1CN1CCCCC1C=O. The van der Waals surface area contributed by atoms with Crippen LogP contribution in [0.4, 0.5) is 0 Å². The summed E-state index contributed by atoms with van der Waals surface area (Å²) in [5.41, 5.74) is 3.04. The molecule has 3 heteroatoms. The Bertz CT molecular complexity index is 476. The Morgan fingerprint density at radius 2 is 2.33 bits per heavy atom. The van der Waals surface area contributed by atoms with Crippen molar-refractivity contribution in [3.63, 3.8) is 0 Å². The fourth-order valence-electron chi connectivity index (χ4n) is 2.53. The van der Waals surface area contributed by atoms with Gasteiger partial charge < -0.3 is 4.79 Å². The van der Waals surface area contributed by atoms with Crippen LogP contribution in [0.15, 0.2) is 18.2 Å². The number of rotatable bonds is 3. The number of aldehydes is 1. The van der Waals surface area contributed by atoms with Crippen molar-refractivity contribution >= 4 is 6.29 Å². The Labute approximate surface area is 108 Å². The maximum atomic E-state index is 11.1. The van der Waals surface area contributed by atoms with Crippen molar-refractivity contribution in [2.75, 3.05) is 6.54 Å². The number of nitriles is 1. The molecule has 0 radical (unpaired) electrons. The molecule has 18 heavy (non-hydrogen) atoms. The summed E-state index contributed by atoms with van der Waals surface area (Å²) in [5, 5.41) is 8.85. The second-order valence-corrected chi connectivity index (χ2v) is 4.92. The maximum Gasteiger partial charge on any atom is 0.137 e. The number of carbonyl (C=O) groups is 1. The van der Waals surface area contributed by atoms with E-state index >= 15 is 0 Å². The monoisotopic (exact) mass is 242 g/mol. The van der Waals surface area contributed by atoms with Gasteiger partial charge in [0.05, 0.1) is 17.7 Å². The first-order valence-corrected chi connectivity index (χ1v) is 6.43. The van der Waals surface area contributed by atoms with E-state index in [1.807, 2.05) is 25.1 Å². The summed E-state index contributed by atoms with van der Waals surface area (Å²) in [4.78, 5) is 13.3. The quantitative estimate of drug-likeness (QED) is 0.765. The van der Waals surface area contributed by atoms with Crippen molar-refractivity contribution < 1.29 is 4.79 Å². The van der Waals surface area contributed by atoms with E-state index in [0.29, 0.717) is 5.56 Å². The minimum absolute atomic E-state index is 0.0637. The smallest absolute Gasteiger partial charge is 0.137 e. The van der Waals surface area contributed by atoms with E-state index in [4.69, 9.17) is 5.26 Å². The van der Waals surface area contributed by atoms with Crippen LogP contribution in [0.25, 0.3) is 0 Å². The second-order valence-electron chi connectivity index (χ2n) is 4.92. The fraction of sp³-hybridized carbons (Fsp3) is 0.467. The van der Waals surface area contributed by atoms with Gasteiger partial charge in [0, 0.05) is 6.54 Å². The number of hydrogen-bond donors (Lipinski definition) is 0. The number of carbonyl (C=O) groups excluding carboxylic acids is 1. The van der Waals surface area contributed by atoms with Crippen LogP contribution in [0, 0.1) is 18.3 Å².